The van der Waals surface area contributed by atoms with Crippen molar-refractivity contribution in [2.24, 2.45) is 0 Å². The minimum absolute atomic E-state index is 0.101. The lowest BCUT2D eigenvalue weighted by atomic mass is 10.1. The predicted molar refractivity (Wildman–Crippen MR) is 89.9 cm³/mol. The molecule has 4 rings (SSSR count). The van der Waals surface area contributed by atoms with Gasteiger partial charge in [0, 0.05) is 38.5 Å². The third-order valence-electron chi connectivity index (χ3n) is 4.35. The summed E-state index contributed by atoms with van der Waals surface area (Å²) in [6, 6.07) is 11.5. The van der Waals surface area contributed by atoms with Crippen molar-refractivity contribution in [3.05, 3.63) is 46.4 Å². The molecule has 1 aromatic heterocycles. The lowest BCUT2D eigenvalue weighted by molar-refractivity contribution is -0.0263. The van der Waals surface area contributed by atoms with Gasteiger partial charge in [0.15, 0.2) is 0 Å². The molecule has 1 saturated heterocycles. The smallest absolute Gasteiger partial charge is 0.0836 e. The van der Waals surface area contributed by atoms with Crippen molar-refractivity contribution >= 4 is 45.0 Å². The largest absolute Gasteiger partial charge is 0.391 e. The van der Waals surface area contributed by atoms with E-state index in [0.29, 0.717) is 29.7 Å². The predicted octanol–water partition coefficient (Wildman–Crippen LogP) is 4.42. The van der Waals surface area contributed by atoms with Crippen LogP contribution in [0, 0.1) is 0 Å². The van der Waals surface area contributed by atoms with Gasteiger partial charge in [0.05, 0.1) is 18.8 Å². The van der Waals surface area contributed by atoms with Crippen molar-refractivity contribution in [3.8, 4) is 0 Å². The van der Waals surface area contributed by atoms with E-state index < -0.39 is 6.10 Å². The molecule has 1 N–H and O–H groups in total. The second-order valence-corrected chi connectivity index (χ2v) is 6.56. The molecule has 0 bridgehead atoms. The number of hydrogen-bond donors (Lipinski definition) is 1. The molecule has 3 aromatic rings. The van der Waals surface area contributed by atoms with Gasteiger partial charge in [-0.15, -0.1) is 0 Å². The van der Waals surface area contributed by atoms with Gasteiger partial charge in [-0.3, -0.25) is 0 Å². The van der Waals surface area contributed by atoms with Crippen molar-refractivity contribution in [2.75, 3.05) is 13.2 Å². The van der Waals surface area contributed by atoms with Gasteiger partial charge >= 0.3 is 0 Å². The maximum atomic E-state index is 10.4. The summed E-state index contributed by atoms with van der Waals surface area (Å²) in [7, 11) is 0. The fourth-order valence-electron chi connectivity index (χ4n) is 3.31. The SMILES string of the molecule is O[C@H]1CCOC[C@@H]1n1c2ccc(Cl)cc2c2cc(Cl)ccc21. The summed E-state index contributed by atoms with van der Waals surface area (Å²) in [5.41, 5.74) is 2.08. The highest BCUT2D eigenvalue weighted by atomic mass is 35.5. The molecule has 0 aliphatic carbocycles. The molecule has 3 nitrogen and oxygen atoms in total. The van der Waals surface area contributed by atoms with Crippen molar-refractivity contribution in [3.63, 3.8) is 0 Å². The first-order valence-electron chi connectivity index (χ1n) is 7.29. The van der Waals surface area contributed by atoms with Gasteiger partial charge in [-0.05, 0) is 42.8 Å². The number of halogens is 2. The number of nitrogens with zero attached hydrogens (tertiary/aromatic N) is 1. The van der Waals surface area contributed by atoms with Crippen LogP contribution in [-0.4, -0.2) is 29.0 Å². The van der Waals surface area contributed by atoms with Gasteiger partial charge in [-0.2, -0.15) is 0 Å². The topological polar surface area (TPSA) is 34.4 Å². The molecule has 0 unspecified atom stereocenters. The van der Waals surface area contributed by atoms with Crippen LogP contribution in [0.1, 0.15) is 12.5 Å². The zero-order valence-corrected chi connectivity index (χ0v) is 13.3. The second-order valence-electron chi connectivity index (χ2n) is 5.69. The molecule has 0 saturated carbocycles. The molecule has 1 aliphatic rings. The molecule has 0 amide bonds. The molecule has 2 atom stereocenters. The van der Waals surface area contributed by atoms with Crippen LogP contribution in [0.25, 0.3) is 21.8 Å². The first-order valence-corrected chi connectivity index (χ1v) is 8.05. The molecule has 0 radical (unpaired) electrons. The van der Waals surface area contributed by atoms with Gasteiger partial charge in [-0.25, -0.2) is 0 Å². The molecule has 22 heavy (non-hydrogen) atoms. The van der Waals surface area contributed by atoms with E-state index >= 15 is 0 Å². The van der Waals surface area contributed by atoms with Crippen molar-refractivity contribution in [1.82, 2.24) is 4.57 Å². The van der Waals surface area contributed by atoms with E-state index in [-0.39, 0.29) is 6.04 Å². The van der Waals surface area contributed by atoms with E-state index in [4.69, 9.17) is 27.9 Å². The van der Waals surface area contributed by atoms with E-state index in [1.807, 2.05) is 36.4 Å². The van der Waals surface area contributed by atoms with Gasteiger partial charge in [0.2, 0.25) is 0 Å². The average Bonchev–Trinajstić information content (AvgIpc) is 2.81. The molecular formula is C17H15Cl2NO2. The third kappa shape index (κ3) is 2.20. The zero-order chi connectivity index (χ0) is 15.3. The Labute approximate surface area is 138 Å². The number of aliphatic hydroxyl groups is 1. The summed E-state index contributed by atoms with van der Waals surface area (Å²) in [4.78, 5) is 0. The Morgan fingerprint density at radius 3 is 2.14 bits per heavy atom. The Kier molecular flexibility index (Phi) is 3.54. The molecule has 2 heterocycles. The first-order chi connectivity index (χ1) is 10.6. The lowest BCUT2D eigenvalue weighted by Gasteiger charge is -2.30. The van der Waals surface area contributed by atoms with Crippen molar-refractivity contribution in [2.45, 2.75) is 18.6 Å². The van der Waals surface area contributed by atoms with Crippen LogP contribution in [0.5, 0.6) is 0 Å². The Hall–Kier alpha value is -1.26. The number of ether oxygens (including phenoxy) is 1. The summed E-state index contributed by atoms with van der Waals surface area (Å²) < 4.78 is 7.74. The fourth-order valence-corrected chi connectivity index (χ4v) is 3.66. The van der Waals surface area contributed by atoms with E-state index in [1.165, 1.54) is 0 Å². The van der Waals surface area contributed by atoms with Crippen LogP contribution in [0.3, 0.4) is 0 Å². The second kappa shape index (κ2) is 5.43. The van der Waals surface area contributed by atoms with Crippen LogP contribution >= 0.6 is 23.2 Å². The fraction of sp³-hybridized carbons (Fsp3) is 0.294. The number of hydrogen-bond acceptors (Lipinski definition) is 2. The standard InChI is InChI=1S/C17H15Cl2NO2/c18-10-1-3-14-12(7-10)13-8-11(19)2-4-15(13)20(14)16-9-22-6-5-17(16)21/h1-4,7-8,16-17,21H,5-6,9H2/t16-,17-/m0/s1. The quantitative estimate of drug-likeness (QED) is 0.714. The Morgan fingerprint density at radius 2 is 1.59 bits per heavy atom. The zero-order valence-electron chi connectivity index (χ0n) is 11.8. The van der Waals surface area contributed by atoms with Gasteiger partial charge in [0.1, 0.15) is 0 Å². The highest BCUT2D eigenvalue weighted by molar-refractivity contribution is 6.33. The van der Waals surface area contributed by atoms with Crippen LogP contribution in [0.2, 0.25) is 10.0 Å². The van der Waals surface area contributed by atoms with Crippen LogP contribution < -0.4 is 0 Å². The maximum absolute atomic E-state index is 10.4. The van der Waals surface area contributed by atoms with E-state index in [9.17, 15) is 5.11 Å². The molecular weight excluding hydrogens is 321 g/mol. The van der Waals surface area contributed by atoms with Gasteiger partial charge < -0.3 is 14.4 Å². The minimum atomic E-state index is -0.418. The Morgan fingerprint density at radius 1 is 1.00 bits per heavy atom. The highest BCUT2D eigenvalue weighted by Crippen LogP contribution is 2.37. The average molecular weight is 336 g/mol. The molecule has 0 spiro atoms. The summed E-state index contributed by atoms with van der Waals surface area (Å²) in [5.74, 6) is 0. The van der Waals surface area contributed by atoms with Crippen LogP contribution in [0.15, 0.2) is 36.4 Å². The maximum Gasteiger partial charge on any atom is 0.0836 e. The monoisotopic (exact) mass is 335 g/mol. The van der Waals surface area contributed by atoms with Crippen LogP contribution in [-0.2, 0) is 4.74 Å². The number of benzene rings is 2. The third-order valence-corrected chi connectivity index (χ3v) is 4.82. The number of aromatic nitrogens is 1. The Balaban J connectivity index is 2.06. The van der Waals surface area contributed by atoms with E-state index in [0.717, 1.165) is 21.8 Å². The van der Waals surface area contributed by atoms with Crippen LogP contribution in [0.4, 0.5) is 0 Å². The Bertz CT molecular complexity index is 799. The number of fused-ring (bicyclic) bond motifs is 3. The van der Waals surface area contributed by atoms with E-state index in [1.54, 1.807) is 0 Å². The van der Waals surface area contributed by atoms with Gasteiger partial charge in [-0.1, -0.05) is 23.2 Å². The number of rotatable bonds is 1. The van der Waals surface area contributed by atoms with E-state index in [2.05, 4.69) is 4.57 Å². The van der Waals surface area contributed by atoms with Gasteiger partial charge in [0.25, 0.3) is 0 Å². The molecule has 114 valence electrons. The number of aliphatic hydroxyl groups excluding tert-OH is 1. The summed E-state index contributed by atoms with van der Waals surface area (Å²) in [5, 5.41) is 13.9. The van der Waals surface area contributed by atoms with Crippen molar-refractivity contribution < 1.29 is 9.84 Å². The normalized spacial score (nSPS) is 22.5. The van der Waals surface area contributed by atoms with Crippen molar-refractivity contribution in [1.29, 1.82) is 0 Å². The molecule has 2 aromatic carbocycles. The molecule has 1 aliphatic heterocycles. The minimum Gasteiger partial charge on any atom is -0.391 e. The molecule has 1 fully saturated rings. The molecule has 5 heteroatoms. The lowest BCUT2D eigenvalue weighted by Crippen LogP contribution is -2.33. The first kappa shape index (κ1) is 14.3. The summed E-state index contributed by atoms with van der Waals surface area (Å²) in [6.45, 7) is 1.11. The highest BCUT2D eigenvalue weighted by Gasteiger charge is 2.28. The summed E-state index contributed by atoms with van der Waals surface area (Å²) in [6.07, 6.45) is 0.228. The summed E-state index contributed by atoms with van der Waals surface area (Å²) >= 11 is 12.3.